The average molecular weight is 233 g/mol. The molecule has 0 radical (unpaired) electrons. The average Bonchev–Trinajstić information content (AvgIpc) is 2.95. The summed E-state index contributed by atoms with van der Waals surface area (Å²) in [6.07, 6.45) is 5.51. The van der Waals surface area contributed by atoms with Crippen LogP contribution in [0.5, 0.6) is 0 Å². The Bertz CT molecular complexity index is 431. The number of rotatable bonds is 6. The molecule has 0 aromatic carbocycles. The van der Waals surface area contributed by atoms with Crippen molar-refractivity contribution in [2.45, 2.75) is 32.7 Å². The van der Waals surface area contributed by atoms with E-state index in [1.165, 1.54) is 5.56 Å². The highest BCUT2D eigenvalue weighted by Gasteiger charge is 2.14. The molecule has 0 saturated carbocycles. The highest BCUT2D eigenvalue weighted by molar-refractivity contribution is 5.18. The van der Waals surface area contributed by atoms with Crippen molar-refractivity contribution in [3.63, 3.8) is 0 Å². The summed E-state index contributed by atoms with van der Waals surface area (Å²) in [5, 5.41) is 3.52. The number of nitrogens with one attached hydrogen (secondary N) is 1. The van der Waals surface area contributed by atoms with Crippen LogP contribution >= 0.6 is 0 Å². The minimum absolute atomic E-state index is 0.263. The van der Waals surface area contributed by atoms with Crippen LogP contribution in [0.4, 0.5) is 0 Å². The maximum atomic E-state index is 5.40. The second-order valence-electron chi connectivity index (χ2n) is 4.28. The molecule has 17 heavy (non-hydrogen) atoms. The van der Waals surface area contributed by atoms with E-state index < -0.39 is 0 Å². The first-order chi connectivity index (χ1) is 8.29. The molecular weight excluding hydrogens is 214 g/mol. The molecule has 0 aliphatic heterocycles. The molecule has 1 N–H and O–H groups in total. The Balaban J connectivity index is 2.07. The monoisotopic (exact) mass is 233 g/mol. The molecular formula is C14H19NO2. The molecule has 2 aromatic heterocycles. The fourth-order valence-corrected chi connectivity index (χ4v) is 1.90. The van der Waals surface area contributed by atoms with Gasteiger partial charge in [0.25, 0.3) is 0 Å². The molecule has 1 atom stereocenters. The van der Waals surface area contributed by atoms with Crippen LogP contribution in [-0.4, -0.2) is 6.54 Å². The van der Waals surface area contributed by atoms with Gasteiger partial charge in [-0.25, -0.2) is 0 Å². The molecule has 0 aliphatic carbocycles. The number of aryl methyl sites for hydroxylation is 1. The van der Waals surface area contributed by atoms with Gasteiger partial charge in [0.15, 0.2) is 0 Å². The molecule has 0 amide bonds. The zero-order chi connectivity index (χ0) is 12.1. The molecule has 0 fully saturated rings. The van der Waals surface area contributed by atoms with E-state index in [1.807, 2.05) is 25.3 Å². The van der Waals surface area contributed by atoms with Gasteiger partial charge in [0.1, 0.15) is 11.5 Å². The predicted octanol–water partition coefficient (Wildman–Crippen LogP) is 3.46. The normalized spacial score (nSPS) is 12.8. The van der Waals surface area contributed by atoms with E-state index in [0.717, 1.165) is 30.9 Å². The standard InChI is InChI=1S/C14H19NO2/c1-3-6-15-14(9-13-5-4-7-16-13)12-8-11(2)17-10-12/h4-5,7-8,10,14-15H,3,6,9H2,1-2H3. The van der Waals surface area contributed by atoms with E-state index in [0.29, 0.717) is 0 Å². The van der Waals surface area contributed by atoms with Crippen molar-refractivity contribution in [1.29, 1.82) is 0 Å². The minimum atomic E-state index is 0.263. The van der Waals surface area contributed by atoms with E-state index in [-0.39, 0.29) is 6.04 Å². The van der Waals surface area contributed by atoms with E-state index in [1.54, 1.807) is 6.26 Å². The minimum Gasteiger partial charge on any atom is -0.469 e. The van der Waals surface area contributed by atoms with E-state index >= 15 is 0 Å². The molecule has 2 rings (SSSR count). The highest BCUT2D eigenvalue weighted by Crippen LogP contribution is 2.21. The molecule has 0 bridgehead atoms. The Labute approximate surface area is 102 Å². The predicted molar refractivity (Wildman–Crippen MR) is 66.9 cm³/mol. The van der Waals surface area contributed by atoms with Crippen LogP contribution in [0, 0.1) is 6.92 Å². The molecule has 3 nitrogen and oxygen atoms in total. The lowest BCUT2D eigenvalue weighted by molar-refractivity contribution is 0.445. The van der Waals surface area contributed by atoms with Gasteiger partial charge in [-0.15, -0.1) is 0 Å². The van der Waals surface area contributed by atoms with E-state index in [9.17, 15) is 0 Å². The Kier molecular flexibility index (Phi) is 4.04. The summed E-state index contributed by atoms with van der Waals surface area (Å²) in [6, 6.07) is 6.27. The van der Waals surface area contributed by atoms with Crippen molar-refractivity contribution in [1.82, 2.24) is 5.32 Å². The van der Waals surface area contributed by atoms with Crippen molar-refractivity contribution in [2.75, 3.05) is 6.54 Å². The second kappa shape index (κ2) is 5.73. The molecule has 0 saturated heterocycles. The molecule has 0 aliphatic rings. The summed E-state index contributed by atoms with van der Waals surface area (Å²) >= 11 is 0. The maximum Gasteiger partial charge on any atom is 0.105 e. The lowest BCUT2D eigenvalue weighted by Gasteiger charge is -2.15. The summed E-state index contributed by atoms with van der Waals surface area (Å²) in [7, 11) is 0. The smallest absolute Gasteiger partial charge is 0.105 e. The third kappa shape index (κ3) is 3.24. The quantitative estimate of drug-likeness (QED) is 0.830. The van der Waals surface area contributed by atoms with Gasteiger partial charge in [-0.05, 0) is 38.1 Å². The third-order valence-electron chi connectivity index (χ3n) is 2.78. The Morgan fingerprint density at radius 3 is 2.82 bits per heavy atom. The van der Waals surface area contributed by atoms with Crippen LogP contribution in [0.25, 0.3) is 0 Å². The van der Waals surface area contributed by atoms with Crippen molar-refractivity contribution in [3.8, 4) is 0 Å². The molecule has 92 valence electrons. The maximum absolute atomic E-state index is 5.40. The molecule has 0 spiro atoms. The topological polar surface area (TPSA) is 38.3 Å². The van der Waals surface area contributed by atoms with Gasteiger partial charge in [0.05, 0.1) is 12.5 Å². The summed E-state index contributed by atoms with van der Waals surface area (Å²) < 4.78 is 10.8. The van der Waals surface area contributed by atoms with Gasteiger partial charge in [-0.3, -0.25) is 0 Å². The molecule has 1 unspecified atom stereocenters. The molecule has 3 heteroatoms. The molecule has 2 heterocycles. The first-order valence-electron chi connectivity index (χ1n) is 6.10. The number of hydrogen-bond acceptors (Lipinski definition) is 3. The van der Waals surface area contributed by atoms with Gasteiger partial charge >= 0.3 is 0 Å². The van der Waals surface area contributed by atoms with E-state index in [4.69, 9.17) is 8.83 Å². The van der Waals surface area contributed by atoms with Crippen LogP contribution in [0.2, 0.25) is 0 Å². The Morgan fingerprint density at radius 1 is 1.35 bits per heavy atom. The summed E-state index contributed by atoms with van der Waals surface area (Å²) in [6.45, 7) is 5.13. The second-order valence-corrected chi connectivity index (χ2v) is 4.28. The summed E-state index contributed by atoms with van der Waals surface area (Å²) in [4.78, 5) is 0. The van der Waals surface area contributed by atoms with Crippen molar-refractivity contribution in [2.24, 2.45) is 0 Å². The lowest BCUT2D eigenvalue weighted by Crippen LogP contribution is -2.23. The zero-order valence-electron chi connectivity index (χ0n) is 10.4. The lowest BCUT2D eigenvalue weighted by atomic mass is 10.1. The van der Waals surface area contributed by atoms with Crippen LogP contribution in [0.1, 0.15) is 36.5 Å². The van der Waals surface area contributed by atoms with Crippen molar-refractivity contribution in [3.05, 3.63) is 47.8 Å². The Hall–Kier alpha value is -1.48. The molecule has 2 aromatic rings. The van der Waals surface area contributed by atoms with Gasteiger partial charge in [0, 0.05) is 18.0 Å². The SMILES string of the molecule is CCCNC(Cc1ccco1)c1coc(C)c1. The van der Waals surface area contributed by atoms with Gasteiger partial charge in [-0.2, -0.15) is 0 Å². The van der Waals surface area contributed by atoms with Crippen molar-refractivity contribution < 1.29 is 8.83 Å². The van der Waals surface area contributed by atoms with Gasteiger partial charge in [0.2, 0.25) is 0 Å². The van der Waals surface area contributed by atoms with Crippen LogP contribution in [0.3, 0.4) is 0 Å². The first-order valence-corrected chi connectivity index (χ1v) is 6.10. The summed E-state index contributed by atoms with van der Waals surface area (Å²) in [5.41, 5.74) is 1.19. The third-order valence-corrected chi connectivity index (χ3v) is 2.78. The van der Waals surface area contributed by atoms with Crippen LogP contribution < -0.4 is 5.32 Å². The highest BCUT2D eigenvalue weighted by atomic mass is 16.3. The number of furan rings is 2. The zero-order valence-corrected chi connectivity index (χ0v) is 10.4. The van der Waals surface area contributed by atoms with Crippen LogP contribution in [-0.2, 0) is 6.42 Å². The van der Waals surface area contributed by atoms with Crippen LogP contribution in [0.15, 0.2) is 39.6 Å². The largest absolute Gasteiger partial charge is 0.469 e. The Morgan fingerprint density at radius 2 is 2.24 bits per heavy atom. The van der Waals surface area contributed by atoms with Gasteiger partial charge < -0.3 is 14.2 Å². The number of hydrogen-bond donors (Lipinski definition) is 1. The van der Waals surface area contributed by atoms with Gasteiger partial charge in [-0.1, -0.05) is 6.92 Å². The first kappa shape index (κ1) is 12.0. The van der Waals surface area contributed by atoms with E-state index in [2.05, 4.69) is 18.3 Å². The summed E-state index contributed by atoms with van der Waals surface area (Å²) in [5.74, 6) is 1.94. The fraction of sp³-hybridized carbons (Fsp3) is 0.429. The van der Waals surface area contributed by atoms with Crippen molar-refractivity contribution >= 4 is 0 Å². The fourth-order valence-electron chi connectivity index (χ4n) is 1.90.